The number of benzene rings is 1. The van der Waals surface area contributed by atoms with Gasteiger partial charge in [0.1, 0.15) is 0 Å². The van der Waals surface area contributed by atoms with E-state index in [1.165, 1.54) is 17.4 Å². The van der Waals surface area contributed by atoms with Crippen LogP contribution < -0.4 is 5.73 Å². The fraction of sp³-hybridized carbons (Fsp3) is 0.231. The van der Waals surface area contributed by atoms with Gasteiger partial charge in [-0.3, -0.25) is 0 Å². The van der Waals surface area contributed by atoms with Crippen LogP contribution in [0.15, 0.2) is 18.2 Å². The van der Waals surface area contributed by atoms with E-state index in [-0.39, 0.29) is 5.56 Å². The van der Waals surface area contributed by atoms with Gasteiger partial charge in [-0.05, 0) is 31.5 Å². The minimum atomic E-state index is -1.48. The Morgan fingerprint density at radius 3 is 2.33 bits per heavy atom. The molecule has 0 radical (unpaired) electrons. The zero-order valence-corrected chi connectivity index (χ0v) is 10.7. The zero-order valence-electron chi connectivity index (χ0n) is 9.93. The number of nitrogens with two attached hydrogens (primary N) is 1. The summed E-state index contributed by atoms with van der Waals surface area (Å²) in [7, 11) is 0. The molecule has 0 fully saturated rings. The lowest BCUT2D eigenvalue weighted by molar-refractivity contribution is 0.439. The summed E-state index contributed by atoms with van der Waals surface area (Å²) in [6.45, 7) is 3.85. The van der Waals surface area contributed by atoms with Gasteiger partial charge in [0.05, 0.1) is 6.04 Å². The average Bonchev–Trinajstić information content (AvgIpc) is 2.66. The lowest BCUT2D eigenvalue weighted by Gasteiger charge is -2.11. The van der Waals surface area contributed by atoms with Crippen molar-refractivity contribution in [3.63, 3.8) is 0 Å². The Hall–Kier alpha value is -1.33. The lowest BCUT2D eigenvalue weighted by Crippen LogP contribution is -2.13. The standard InChI is InChI=1S/C13H12F3NS/c1-6-5-10(18-7(6)2)13(17)8-3-4-9(14)12(16)11(8)15/h3-5,13H,17H2,1-2H3. The molecule has 1 aromatic carbocycles. The van der Waals surface area contributed by atoms with Crippen LogP contribution in [0.1, 0.15) is 26.9 Å². The fourth-order valence-electron chi connectivity index (χ4n) is 1.69. The Balaban J connectivity index is 2.46. The SMILES string of the molecule is Cc1cc(C(N)c2ccc(F)c(F)c2F)sc1C. The number of thiophene rings is 1. The highest BCUT2D eigenvalue weighted by molar-refractivity contribution is 7.12. The molecule has 0 aliphatic carbocycles. The van der Waals surface area contributed by atoms with E-state index in [9.17, 15) is 13.2 Å². The van der Waals surface area contributed by atoms with Gasteiger partial charge in [-0.25, -0.2) is 13.2 Å². The van der Waals surface area contributed by atoms with E-state index in [2.05, 4.69) is 0 Å². The van der Waals surface area contributed by atoms with Crippen molar-refractivity contribution in [1.29, 1.82) is 0 Å². The molecule has 0 bridgehead atoms. The summed E-state index contributed by atoms with van der Waals surface area (Å²) in [5.41, 5.74) is 6.92. The van der Waals surface area contributed by atoms with Gasteiger partial charge in [0.15, 0.2) is 17.5 Å². The molecule has 1 nitrogen and oxygen atoms in total. The normalized spacial score (nSPS) is 12.8. The molecule has 18 heavy (non-hydrogen) atoms. The molecule has 0 saturated heterocycles. The molecule has 2 N–H and O–H groups in total. The van der Waals surface area contributed by atoms with Gasteiger partial charge in [0, 0.05) is 15.3 Å². The van der Waals surface area contributed by atoms with E-state index in [0.717, 1.165) is 21.4 Å². The summed E-state index contributed by atoms with van der Waals surface area (Å²) >= 11 is 1.43. The molecule has 0 amide bonds. The van der Waals surface area contributed by atoms with Crippen molar-refractivity contribution in [3.8, 4) is 0 Å². The van der Waals surface area contributed by atoms with Gasteiger partial charge in [0.2, 0.25) is 0 Å². The minimum absolute atomic E-state index is 0.0323. The Morgan fingerprint density at radius 1 is 1.11 bits per heavy atom. The van der Waals surface area contributed by atoms with Crippen LogP contribution in [0.5, 0.6) is 0 Å². The first-order valence-electron chi connectivity index (χ1n) is 5.37. The van der Waals surface area contributed by atoms with Gasteiger partial charge in [0.25, 0.3) is 0 Å². The third-order valence-electron chi connectivity index (χ3n) is 2.89. The van der Waals surface area contributed by atoms with E-state index in [0.29, 0.717) is 0 Å². The number of rotatable bonds is 2. The Kier molecular flexibility index (Phi) is 3.45. The molecule has 2 rings (SSSR count). The summed E-state index contributed by atoms with van der Waals surface area (Å²) in [5.74, 6) is -3.90. The maximum atomic E-state index is 13.6. The van der Waals surface area contributed by atoms with Crippen LogP contribution in [-0.4, -0.2) is 0 Å². The highest BCUT2D eigenvalue weighted by Gasteiger charge is 2.20. The molecule has 0 aliphatic rings. The van der Waals surface area contributed by atoms with Gasteiger partial charge in [-0.1, -0.05) is 6.07 Å². The maximum Gasteiger partial charge on any atom is 0.194 e. The molecule has 1 atom stereocenters. The van der Waals surface area contributed by atoms with Crippen molar-refractivity contribution in [2.45, 2.75) is 19.9 Å². The number of halogens is 3. The van der Waals surface area contributed by atoms with Gasteiger partial charge in [-0.2, -0.15) is 0 Å². The van der Waals surface area contributed by atoms with E-state index in [1.807, 2.05) is 19.9 Å². The molecule has 0 aliphatic heterocycles. The highest BCUT2D eigenvalue weighted by Crippen LogP contribution is 2.31. The van der Waals surface area contributed by atoms with E-state index >= 15 is 0 Å². The maximum absolute atomic E-state index is 13.6. The lowest BCUT2D eigenvalue weighted by atomic mass is 10.0. The molecular weight excluding hydrogens is 259 g/mol. The molecule has 5 heteroatoms. The van der Waals surface area contributed by atoms with Crippen LogP contribution in [0.4, 0.5) is 13.2 Å². The Morgan fingerprint density at radius 2 is 1.78 bits per heavy atom. The van der Waals surface area contributed by atoms with Crippen LogP contribution in [0.3, 0.4) is 0 Å². The fourth-order valence-corrected chi connectivity index (χ4v) is 2.75. The Bertz CT molecular complexity index is 573. The molecule has 2 aromatic rings. The quantitative estimate of drug-likeness (QED) is 0.825. The Labute approximate surface area is 107 Å². The molecular formula is C13H12F3NS. The van der Waals surface area contributed by atoms with Gasteiger partial charge < -0.3 is 5.73 Å². The van der Waals surface area contributed by atoms with E-state index in [4.69, 9.17) is 5.73 Å². The second-order valence-electron chi connectivity index (χ2n) is 4.13. The van der Waals surface area contributed by atoms with Crippen molar-refractivity contribution in [2.24, 2.45) is 5.73 Å². The van der Waals surface area contributed by atoms with Crippen LogP contribution in [-0.2, 0) is 0 Å². The molecule has 96 valence electrons. The summed E-state index contributed by atoms with van der Waals surface area (Å²) in [6, 6.07) is 3.13. The molecule has 1 heterocycles. The van der Waals surface area contributed by atoms with E-state index < -0.39 is 23.5 Å². The van der Waals surface area contributed by atoms with E-state index in [1.54, 1.807) is 0 Å². The smallest absolute Gasteiger partial charge is 0.194 e. The molecule has 1 aromatic heterocycles. The van der Waals surface area contributed by atoms with Crippen LogP contribution >= 0.6 is 11.3 Å². The topological polar surface area (TPSA) is 26.0 Å². The summed E-state index contributed by atoms with van der Waals surface area (Å²) < 4.78 is 39.6. The van der Waals surface area contributed by atoms with Crippen molar-refractivity contribution in [3.05, 3.63) is 56.5 Å². The number of aryl methyl sites for hydroxylation is 2. The van der Waals surface area contributed by atoms with Crippen molar-refractivity contribution in [1.82, 2.24) is 0 Å². The summed E-state index contributed by atoms with van der Waals surface area (Å²) in [6.07, 6.45) is 0. The summed E-state index contributed by atoms with van der Waals surface area (Å²) in [4.78, 5) is 1.80. The van der Waals surface area contributed by atoms with Crippen molar-refractivity contribution in [2.75, 3.05) is 0 Å². The molecule has 1 unspecified atom stereocenters. The third kappa shape index (κ3) is 2.15. The monoisotopic (exact) mass is 271 g/mol. The first-order chi connectivity index (χ1) is 8.41. The average molecular weight is 271 g/mol. The third-order valence-corrected chi connectivity index (χ3v) is 4.13. The zero-order chi connectivity index (χ0) is 13.4. The second kappa shape index (κ2) is 4.74. The predicted molar refractivity (Wildman–Crippen MR) is 66.1 cm³/mol. The first kappa shape index (κ1) is 13.1. The molecule has 0 spiro atoms. The van der Waals surface area contributed by atoms with Gasteiger partial charge in [-0.15, -0.1) is 11.3 Å². The molecule has 0 saturated carbocycles. The van der Waals surface area contributed by atoms with Crippen LogP contribution in [0, 0.1) is 31.3 Å². The van der Waals surface area contributed by atoms with Crippen LogP contribution in [0.2, 0.25) is 0 Å². The minimum Gasteiger partial charge on any atom is -0.320 e. The first-order valence-corrected chi connectivity index (χ1v) is 6.19. The van der Waals surface area contributed by atoms with Crippen molar-refractivity contribution < 1.29 is 13.2 Å². The van der Waals surface area contributed by atoms with Crippen molar-refractivity contribution >= 4 is 11.3 Å². The van der Waals surface area contributed by atoms with Crippen LogP contribution in [0.25, 0.3) is 0 Å². The second-order valence-corrected chi connectivity index (χ2v) is 5.42. The predicted octanol–water partition coefficient (Wildman–Crippen LogP) is 3.83. The largest absolute Gasteiger partial charge is 0.320 e. The van der Waals surface area contributed by atoms with Gasteiger partial charge >= 0.3 is 0 Å². The number of hydrogen-bond donors (Lipinski definition) is 1. The number of hydrogen-bond acceptors (Lipinski definition) is 2. The highest BCUT2D eigenvalue weighted by atomic mass is 32.1. The summed E-state index contributed by atoms with van der Waals surface area (Å²) in [5, 5.41) is 0.